The SMILES string of the molecule is CCCCNC(=O)[C@@H](C)N(Cc1ccc(Cl)cc1)C(=O)Cc1ccc(C)cc1. The number of nitrogens with one attached hydrogen (secondary N) is 1. The Balaban J connectivity index is 2.15. The number of unbranched alkanes of at least 4 members (excludes halogenated alkanes) is 1. The van der Waals surface area contributed by atoms with Crippen molar-refractivity contribution in [3.05, 3.63) is 70.2 Å². The third-order valence-electron chi connectivity index (χ3n) is 4.74. The quantitative estimate of drug-likeness (QED) is 0.629. The summed E-state index contributed by atoms with van der Waals surface area (Å²) in [5.41, 5.74) is 3.03. The molecule has 5 heteroatoms. The molecule has 0 saturated heterocycles. The Morgan fingerprint density at radius 1 is 1.04 bits per heavy atom. The molecule has 0 bridgehead atoms. The topological polar surface area (TPSA) is 49.4 Å². The average molecular weight is 401 g/mol. The number of halogens is 1. The van der Waals surface area contributed by atoms with Crippen LogP contribution in [0.3, 0.4) is 0 Å². The summed E-state index contributed by atoms with van der Waals surface area (Å²) < 4.78 is 0. The van der Waals surface area contributed by atoms with Crippen LogP contribution in [0.15, 0.2) is 48.5 Å². The molecule has 0 aliphatic rings. The molecule has 0 spiro atoms. The van der Waals surface area contributed by atoms with Crippen LogP contribution >= 0.6 is 11.6 Å². The van der Waals surface area contributed by atoms with E-state index in [-0.39, 0.29) is 18.2 Å². The zero-order chi connectivity index (χ0) is 20.5. The van der Waals surface area contributed by atoms with E-state index in [0.717, 1.165) is 29.5 Å². The fraction of sp³-hybridized carbons (Fsp3) is 0.391. The van der Waals surface area contributed by atoms with Crippen LogP contribution in [0, 0.1) is 6.92 Å². The van der Waals surface area contributed by atoms with Gasteiger partial charge in [-0.15, -0.1) is 0 Å². The summed E-state index contributed by atoms with van der Waals surface area (Å²) in [5, 5.41) is 3.58. The number of carbonyl (C=O) groups excluding carboxylic acids is 2. The Labute approximate surface area is 172 Å². The molecule has 0 aromatic heterocycles. The third kappa shape index (κ3) is 6.68. The van der Waals surface area contributed by atoms with Crippen LogP contribution in [-0.2, 0) is 22.6 Å². The van der Waals surface area contributed by atoms with Gasteiger partial charge in [0, 0.05) is 18.1 Å². The van der Waals surface area contributed by atoms with Crippen molar-refractivity contribution in [1.82, 2.24) is 10.2 Å². The van der Waals surface area contributed by atoms with E-state index in [1.54, 1.807) is 24.0 Å². The second kappa shape index (κ2) is 10.9. The Bertz CT molecular complexity index is 772. The maximum atomic E-state index is 13.1. The van der Waals surface area contributed by atoms with E-state index >= 15 is 0 Å². The molecule has 2 aromatic rings. The molecule has 0 fully saturated rings. The molecule has 28 heavy (non-hydrogen) atoms. The first kappa shape index (κ1) is 22.0. The van der Waals surface area contributed by atoms with Crippen LogP contribution in [0.2, 0.25) is 5.02 Å². The molecule has 0 aliphatic carbocycles. The molecular weight excluding hydrogens is 372 g/mol. The lowest BCUT2D eigenvalue weighted by atomic mass is 10.1. The van der Waals surface area contributed by atoms with E-state index < -0.39 is 6.04 Å². The monoisotopic (exact) mass is 400 g/mol. The van der Waals surface area contributed by atoms with Crippen molar-refractivity contribution in [3.63, 3.8) is 0 Å². The Kier molecular flexibility index (Phi) is 8.52. The summed E-state index contributed by atoms with van der Waals surface area (Å²) in [6.45, 7) is 6.86. The molecule has 1 N–H and O–H groups in total. The van der Waals surface area contributed by atoms with Gasteiger partial charge in [0.2, 0.25) is 11.8 Å². The number of nitrogens with zero attached hydrogens (tertiary/aromatic N) is 1. The van der Waals surface area contributed by atoms with Crippen molar-refractivity contribution in [2.24, 2.45) is 0 Å². The van der Waals surface area contributed by atoms with Gasteiger partial charge in [0.05, 0.1) is 6.42 Å². The lowest BCUT2D eigenvalue weighted by Gasteiger charge is -2.29. The highest BCUT2D eigenvalue weighted by molar-refractivity contribution is 6.30. The summed E-state index contributed by atoms with van der Waals surface area (Å²) in [5.74, 6) is -0.198. The van der Waals surface area contributed by atoms with E-state index in [0.29, 0.717) is 18.1 Å². The second-order valence-corrected chi connectivity index (χ2v) is 7.57. The fourth-order valence-corrected chi connectivity index (χ4v) is 3.01. The first-order valence-electron chi connectivity index (χ1n) is 9.78. The first-order chi connectivity index (χ1) is 13.4. The van der Waals surface area contributed by atoms with Gasteiger partial charge in [-0.05, 0) is 43.5 Å². The standard InChI is InChI=1S/C23H29ClN2O2/c1-4-5-14-25-23(28)18(3)26(16-20-10-12-21(24)13-11-20)22(27)15-19-8-6-17(2)7-9-19/h6-13,18H,4-5,14-16H2,1-3H3,(H,25,28)/t18-/m1/s1. The van der Waals surface area contributed by atoms with Gasteiger partial charge in [-0.1, -0.05) is 66.9 Å². The van der Waals surface area contributed by atoms with Crippen LogP contribution in [0.5, 0.6) is 0 Å². The highest BCUT2D eigenvalue weighted by Crippen LogP contribution is 2.15. The Morgan fingerprint density at radius 2 is 1.64 bits per heavy atom. The fourth-order valence-electron chi connectivity index (χ4n) is 2.89. The van der Waals surface area contributed by atoms with E-state index in [2.05, 4.69) is 12.2 Å². The number of benzene rings is 2. The van der Waals surface area contributed by atoms with Crippen molar-refractivity contribution in [2.45, 2.75) is 52.6 Å². The normalized spacial score (nSPS) is 11.7. The van der Waals surface area contributed by atoms with Gasteiger partial charge in [0.25, 0.3) is 0 Å². The number of carbonyl (C=O) groups is 2. The van der Waals surface area contributed by atoms with Gasteiger partial charge in [0.15, 0.2) is 0 Å². The first-order valence-corrected chi connectivity index (χ1v) is 10.2. The average Bonchev–Trinajstić information content (AvgIpc) is 2.68. The van der Waals surface area contributed by atoms with Crippen molar-refractivity contribution >= 4 is 23.4 Å². The summed E-state index contributed by atoms with van der Waals surface area (Å²) in [6.07, 6.45) is 2.20. The molecule has 4 nitrogen and oxygen atoms in total. The van der Waals surface area contributed by atoms with E-state index in [4.69, 9.17) is 11.6 Å². The Hall–Kier alpha value is -2.33. The minimum Gasteiger partial charge on any atom is -0.354 e. The number of rotatable bonds is 9. The lowest BCUT2D eigenvalue weighted by molar-refractivity contribution is -0.140. The molecule has 0 radical (unpaired) electrons. The van der Waals surface area contributed by atoms with E-state index in [1.165, 1.54) is 0 Å². The maximum absolute atomic E-state index is 13.1. The summed E-state index contributed by atoms with van der Waals surface area (Å²) in [4.78, 5) is 27.3. The molecule has 2 amide bonds. The molecule has 0 heterocycles. The third-order valence-corrected chi connectivity index (χ3v) is 4.99. The summed E-state index contributed by atoms with van der Waals surface area (Å²) in [6, 6.07) is 14.7. The molecule has 150 valence electrons. The lowest BCUT2D eigenvalue weighted by Crippen LogP contribution is -2.48. The van der Waals surface area contributed by atoms with Crippen molar-refractivity contribution in [1.29, 1.82) is 0 Å². The zero-order valence-electron chi connectivity index (χ0n) is 16.9. The highest BCUT2D eigenvalue weighted by Gasteiger charge is 2.26. The molecule has 0 saturated carbocycles. The van der Waals surface area contributed by atoms with Gasteiger partial charge < -0.3 is 10.2 Å². The minimum atomic E-state index is -0.550. The van der Waals surface area contributed by atoms with Crippen LogP contribution in [0.4, 0.5) is 0 Å². The smallest absolute Gasteiger partial charge is 0.242 e. The molecule has 2 aromatic carbocycles. The predicted octanol–water partition coefficient (Wildman–Crippen LogP) is 4.52. The number of hydrogen-bond acceptors (Lipinski definition) is 2. The maximum Gasteiger partial charge on any atom is 0.242 e. The van der Waals surface area contributed by atoms with Gasteiger partial charge in [-0.2, -0.15) is 0 Å². The second-order valence-electron chi connectivity index (χ2n) is 7.13. The van der Waals surface area contributed by atoms with Gasteiger partial charge in [-0.25, -0.2) is 0 Å². The number of hydrogen-bond donors (Lipinski definition) is 1. The van der Waals surface area contributed by atoms with Crippen molar-refractivity contribution in [3.8, 4) is 0 Å². The predicted molar refractivity (Wildman–Crippen MR) is 114 cm³/mol. The number of aryl methyl sites for hydroxylation is 1. The largest absolute Gasteiger partial charge is 0.354 e. The van der Waals surface area contributed by atoms with Crippen LogP contribution in [0.1, 0.15) is 43.4 Å². The van der Waals surface area contributed by atoms with Crippen LogP contribution in [0.25, 0.3) is 0 Å². The molecule has 0 unspecified atom stereocenters. The van der Waals surface area contributed by atoms with Gasteiger partial charge in [0.1, 0.15) is 6.04 Å². The highest BCUT2D eigenvalue weighted by atomic mass is 35.5. The molecule has 1 atom stereocenters. The van der Waals surface area contributed by atoms with E-state index in [1.807, 2.05) is 43.3 Å². The number of amides is 2. The summed E-state index contributed by atoms with van der Waals surface area (Å²) >= 11 is 5.97. The van der Waals surface area contributed by atoms with Crippen molar-refractivity contribution < 1.29 is 9.59 Å². The molecule has 2 rings (SSSR count). The van der Waals surface area contributed by atoms with Crippen molar-refractivity contribution in [2.75, 3.05) is 6.54 Å². The van der Waals surface area contributed by atoms with Crippen LogP contribution < -0.4 is 5.32 Å². The summed E-state index contributed by atoms with van der Waals surface area (Å²) in [7, 11) is 0. The van der Waals surface area contributed by atoms with E-state index in [9.17, 15) is 9.59 Å². The molecule has 0 aliphatic heterocycles. The minimum absolute atomic E-state index is 0.0723. The van der Waals surface area contributed by atoms with Gasteiger partial charge >= 0.3 is 0 Å². The molecular formula is C23H29ClN2O2. The Morgan fingerprint density at radius 3 is 2.25 bits per heavy atom. The van der Waals surface area contributed by atoms with Crippen LogP contribution in [-0.4, -0.2) is 29.3 Å². The zero-order valence-corrected chi connectivity index (χ0v) is 17.6. The van der Waals surface area contributed by atoms with Gasteiger partial charge in [-0.3, -0.25) is 9.59 Å².